The van der Waals surface area contributed by atoms with Crippen molar-refractivity contribution in [2.75, 3.05) is 52.9 Å². The van der Waals surface area contributed by atoms with Crippen molar-refractivity contribution < 1.29 is 56.1 Å². The van der Waals surface area contributed by atoms with Gasteiger partial charge in [-0.25, -0.2) is 0 Å². The molecule has 0 aromatic heterocycles. The van der Waals surface area contributed by atoms with Crippen molar-refractivity contribution in [2.45, 2.75) is 94.5 Å². The van der Waals surface area contributed by atoms with Gasteiger partial charge in [0.2, 0.25) is 0 Å². The fourth-order valence-corrected chi connectivity index (χ4v) is 17.2. The lowest BCUT2D eigenvalue weighted by molar-refractivity contribution is 0.259. The Bertz CT molecular complexity index is 3730. The van der Waals surface area contributed by atoms with Crippen LogP contribution in [0.25, 0.3) is 22.3 Å². The first-order valence-electron chi connectivity index (χ1n) is 29.5. The van der Waals surface area contributed by atoms with Gasteiger partial charge in [-0.1, -0.05) is 135 Å². The summed E-state index contributed by atoms with van der Waals surface area (Å²) in [6.07, 6.45) is 1.02. The molecule has 14 heteroatoms. The van der Waals surface area contributed by atoms with Gasteiger partial charge >= 0.3 is 0 Å². The Morgan fingerprint density at radius 3 is 0.988 bits per heavy atom. The molecule has 85 heavy (non-hydrogen) atoms. The lowest BCUT2D eigenvalue weighted by atomic mass is 9.76. The van der Waals surface area contributed by atoms with Crippen LogP contribution in [0, 0.1) is 0 Å². The zero-order chi connectivity index (χ0) is 58.3. The second-order valence-corrected chi connectivity index (χ2v) is 30.5. The summed E-state index contributed by atoms with van der Waals surface area (Å²) < 4.78 is 94.1. The van der Waals surface area contributed by atoms with Crippen LogP contribution >= 0.6 is 14.7 Å². The molecule has 4 fully saturated rings. The number of hydrogen-bond acceptors (Lipinski definition) is 12. The van der Waals surface area contributed by atoms with Crippen LogP contribution in [0.1, 0.15) is 86.1 Å². The molecular formula is C71H70O12P2. The van der Waals surface area contributed by atoms with Crippen molar-refractivity contribution in [3.8, 4) is 56.8 Å². The SMILES string of the molecule is CC(C)(c1ccc(OCC2CO2)c(Cc2cc(C(C)(C)P3(=O)Oc4ccccc4-c4ccccc43)ccc2OCC2CO2)c1)c1ccc(OCC2CO2)c(Cc2cc(C(C)(C)P3(=O)Oc4ccccc4-c4ccccc43)ccc2OCC2CO2)c1. The van der Waals surface area contributed by atoms with Crippen LogP contribution in [-0.2, 0) is 56.6 Å². The summed E-state index contributed by atoms with van der Waals surface area (Å²) in [4.78, 5) is 0. The quantitative estimate of drug-likeness (QED) is 0.0471. The van der Waals surface area contributed by atoms with Crippen molar-refractivity contribution >= 4 is 25.3 Å². The van der Waals surface area contributed by atoms with Crippen LogP contribution in [0.3, 0.4) is 0 Å². The van der Waals surface area contributed by atoms with Crippen molar-refractivity contribution in [3.05, 3.63) is 214 Å². The van der Waals surface area contributed by atoms with E-state index in [4.69, 9.17) is 46.9 Å². The van der Waals surface area contributed by atoms with Gasteiger partial charge < -0.3 is 46.9 Å². The van der Waals surface area contributed by atoms with Gasteiger partial charge in [0.15, 0.2) is 0 Å². The van der Waals surface area contributed by atoms with Crippen LogP contribution in [0.15, 0.2) is 170 Å². The highest BCUT2D eigenvalue weighted by molar-refractivity contribution is 7.69. The van der Waals surface area contributed by atoms with E-state index in [9.17, 15) is 0 Å². The summed E-state index contributed by atoms with van der Waals surface area (Å²) in [7, 11) is -7.23. The molecule has 0 saturated carbocycles. The van der Waals surface area contributed by atoms with E-state index < -0.39 is 30.5 Å². The number of para-hydroxylation sites is 2. The predicted octanol–water partition coefficient (Wildman–Crippen LogP) is 14.1. The zero-order valence-corrected chi connectivity index (χ0v) is 50.6. The number of ether oxygens (including phenoxy) is 8. The second kappa shape index (κ2) is 21.7. The van der Waals surface area contributed by atoms with E-state index in [0.717, 1.165) is 89.8 Å². The molecule has 8 aromatic carbocycles. The average molecular weight is 1180 g/mol. The standard InChI is InChI=1S/C71H70O12P2/c1-69(2,49-23-27-61(78-41-53-37-74-53)45(33-49)31-47-35-51(25-29-63(47)80-43-55-39-76-55)70(3,4)84(72)67-21-13-9-17-59(67)57-15-7-11-19-65(57)82-84)50-24-28-62(79-42-54-38-75-54)46(34-50)32-48-36-52(26-30-64(48)81-44-56-40-77-56)71(5,6)85(73)68-22-14-10-18-60(68)58-16-8-12-20-66(58)83-85/h7-30,33-36,53-56H,31-32,37-44H2,1-6H3. The van der Waals surface area contributed by atoms with Crippen molar-refractivity contribution in [1.29, 1.82) is 0 Å². The van der Waals surface area contributed by atoms with E-state index in [1.807, 2.05) is 149 Å². The average Bonchev–Trinajstić information content (AvgIpc) is 1.83. The molecule has 436 valence electrons. The van der Waals surface area contributed by atoms with E-state index in [2.05, 4.69) is 62.4 Å². The predicted molar refractivity (Wildman–Crippen MR) is 330 cm³/mol. The number of benzene rings is 8. The minimum Gasteiger partial charge on any atom is -0.490 e. The van der Waals surface area contributed by atoms with Crippen LogP contribution in [0.2, 0.25) is 0 Å². The third-order valence-corrected chi connectivity index (χ3v) is 24.3. The third-order valence-electron chi connectivity index (χ3n) is 17.9. The maximum absolute atomic E-state index is 15.9. The maximum Gasteiger partial charge on any atom is 0.287 e. The smallest absolute Gasteiger partial charge is 0.287 e. The van der Waals surface area contributed by atoms with Crippen LogP contribution in [0.5, 0.6) is 34.5 Å². The fourth-order valence-electron chi connectivity index (χ4n) is 11.9. The van der Waals surface area contributed by atoms with E-state index in [1.54, 1.807) is 0 Å². The molecule has 0 radical (unpaired) electrons. The number of hydrogen-bond donors (Lipinski definition) is 0. The monoisotopic (exact) mass is 1180 g/mol. The van der Waals surface area contributed by atoms with Gasteiger partial charge in [-0.15, -0.1) is 0 Å². The topological polar surface area (TPSA) is 140 Å². The Hall–Kier alpha value is -7.14. The molecule has 6 aliphatic heterocycles. The maximum atomic E-state index is 15.9. The molecule has 0 spiro atoms. The highest BCUT2D eigenvalue weighted by Gasteiger charge is 2.51. The summed E-state index contributed by atoms with van der Waals surface area (Å²) in [6, 6.07) is 56.8. The van der Waals surface area contributed by atoms with E-state index in [0.29, 0.717) is 87.8 Å². The number of fused-ring (bicyclic) bond motifs is 6. The molecule has 4 saturated heterocycles. The molecule has 6 aliphatic rings. The summed E-state index contributed by atoms with van der Waals surface area (Å²) in [5.74, 6) is 4.15. The van der Waals surface area contributed by atoms with Crippen molar-refractivity contribution in [2.24, 2.45) is 0 Å². The summed E-state index contributed by atoms with van der Waals surface area (Å²) >= 11 is 0. The van der Waals surface area contributed by atoms with Gasteiger partial charge in [-0.3, -0.25) is 9.13 Å². The Kier molecular flexibility index (Phi) is 14.2. The molecule has 6 unspecified atom stereocenters. The van der Waals surface area contributed by atoms with Gasteiger partial charge in [0.1, 0.15) is 85.3 Å². The largest absolute Gasteiger partial charge is 0.490 e. The molecule has 0 N–H and O–H groups in total. The van der Waals surface area contributed by atoms with E-state index in [1.165, 1.54) is 0 Å². The fraction of sp³-hybridized carbons (Fsp3) is 0.324. The minimum atomic E-state index is -3.61. The molecule has 12 nitrogen and oxygen atoms in total. The Balaban J connectivity index is 0.824. The first-order chi connectivity index (χ1) is 41.1. The molecule has 8 aromatic rings. The van der Waals surface area contributed by atoms with Crippen molar-refractivity contribution in [1.82, 2.24) is 0 Å². The molecule has 0 aliphatic carbocycles. The van der Waals surface area contributed by atoms with Gasteiger partial charge in [0.25, 0.3) is 14.7 Å². The molecule has 6 heterocycles. The van der Waals surface area contributed by atoms with Gasteiger partial charge in [0.05, 0.1) is 47.3 Å². The zero-order valence-electron chi connectivity index (χ0n) is 48.8. The lowest BCUT2D eigenvalue weighted by Gasteiger charge is -2.39. The molecule has 6 atom stereocenters. The van der Waals surface area contributed by atoms with Crippen LogP contribution in [0.4, 0.5) is 0 Å². The Labute approximate surface area is 497 Å². The highest BCUT2D eigenvalue weighted by atomic mass is 31.2. The minimum absolute atomic E-state index is 0.0314. The lowest BCUT2D eigenvalue weighted by Crippen LogP contribution is -2.31. The number of rotatable bonds is 22. The highest BCUT2D eigenvalue weighted by Crippen LogP contribution is 2.68. The summed E-state index contributed by atoms with van der Waals surface area (Å²) in [5, 5.41) is -0.521. The van der Waals surface area contributed by atoms with Crippen LogP contribution < -0.4 is 38.6 Å². The third kappa shape index (κ3) is 10.7. The Morgan fingerprint density at radius 1 is 0.376 bits per heavy atom. The van der Waals surface area contributed by atoms with E-state index in [-0.39, 0.29) is 24.4 Å². The first kappa shape index (κ1) is 55.7. The summed E-state index contributed by atoms with van der Waals surface area (Å²) in [6.45, 7) is 16.9. The van der Waals surface area contributed by atoms with Crippen LogP contribution in [-0.4, -0.2) is 77.3 Å². The molecule has 0 amide bonds. The van der Waals surface area contributed by atoms with Gasteiger partial charge in [0, 0.05) is 29.4 Å². The molecule has 0 bridgehead atoms. The molecule has 14 rings (SSSR count). The first-order valence-corrected chi connectivity index (χ1v) is 32.8. The second-order valence-electron chi connectivity index (χ2n) is 24.8. The van der Waals surface area contributed by atoms with Gasteiger partial charge in [-0.2, -0.15) is 0 Å². The number of epoxide rings is 4. The van der Waals surface area contributed by atoms with Crippen molar-refractivity contribution in [3.63, 3.8) is 0 Å². The summed E-state index contributed by atoms with van der Waals surface area (Å²) in [5.41, 5.74) is 10.8. The normalized spacial score (nSPS) is 22.3. The van der Waals surface area contributed by atoms with E-state index >= 15 is 9.13 Å². The van der Waals surface area contributed by atoms with Gasteiger partial charge in [-0.05, 0) is 132 Å². The Morgan fingerprint density at radius 2 is 0.659 bits per heavy atom. The molecular weight excluding hydrogens is 1110 g/mol.